The van der Waals surface area contributed by atoms with E-state index in [-0.39, 0.29) is 5.56 Å². The molecule has 0 atom stereocenters. The van der Waals surface area contributed by atoms with Crippen molar-refractivity contribution in [2.45, 2.75) is 13.8 Å². The predicted molar refractivity (Wildman–Crippen MR) is 66.2 cm³/mol. The smallest absolute Gasteiger partial charge is 0.250 e. The van der Waals surface area contributed by atoms with Gasteiger partial charge in [0.2, 0.25) is 0 Å². The van der Waals surface area contributed by atoms with Crippen LogP contribution in [0.3, 0.4) is 0 Å². The first kappa shape index (κ1) is 11.4. The van der Waals surface area contributed by atoms with Crippen LogP contribution in [0, 0.1) is 6.92 Å². The van der Waals surface area contributed by atoms with Crippen LogP contribution in [0.25, 0.3) is 11.1 Å². The van der Waals surface area contributed by atoms with Gasteiger partial charge in [-0.2, -0.15) is 0 Å². The fourth-order valence-corrected chi connectivity index (χ4v) is 1.59. The molecule has 0 aromatic carbocycles. The van der Waals surface area contributed by atoms with Crippen LogP contribution >= 0.6 is 0 Å². The zero-order valence-corrected chi connectivity index (χ0v) is 9.86. The molecule has 0 aliphatic heterocycles. The van der Waals surface area contributed by atoms with Crippen molar-refractivity contribution in [1.82, 2.24) is 9.97 Å². The van der Waals surface area contributed by atoms with Gasteiger partial charge in [-0.05, 0) is 31.5 Å². The Morgan fingerprint density at radius 3 is 2.82 bits per heavy atom. The van der Waals surface area contributed by atoms with Gasteiger partial charge in [-0.1, -0.05) is 0 Å². The van der Waals surface area contributed by atoms with Gasteiger partial charge in [0.15, 0.2) is 0 Å². The zero-order chi connectivity index (χ0) is 12.3. The van der Waals surface area contributed by atoms with Gasteiger partial charge >= 0.3 is 0 Å². The van der Waals surface area contributed by atoms with Gasteiger partial charge in [0.25, 0.3) is 5.56 Å². The number of aromatic nitrogens is 2. The van der Waals surface area contributed by atoms with E-state index in [1.54, 1.807) is 25.5 Å². The molecule has 2 rings (SSSR count). The van der Waals surface area contributed by atoms with Gasteiger partial charge in [-0.15, -0.1) is 0 Å². The van der Waals surface area contributed by atoms with Gasteiger partial charge in [-0.25, -0.2) is 0 Å². The van der Waals surface area contributed by atoms with Crippen molar-refractivity contribution in [2.24, 2.45) is 0 Å². The molecule has 4 nitrogen and oxygen atoms in total. The molecule has 0 saturated heterocycles. The van der Waals surface area contributed by atoms with E-state index in [0.29, 0.717) is 12.2 Å². The fourth-order valence-electron chi connectivity index (χ4n) is 1.59. The van der Waals surface area contributed by atoms with Crippen molar-refractivity contribution in [2.75, 3.05) is 6.61 Å². The van der Waals surface area contributed by atoms with Gasteiger partial charge in [0, 0.05) is 23.5 Å². The van der Waals surface area contributed by atoms with E-state index in [2.05, 4.69) is 9.97 Å². The largest absolute Gasteiger partial charge is 0.492 e. The molecule has 88 valence electrons. The molecular weight excluding hydrogens is 216 g/mol. The predicted octanol–water partition coefficient (Wildman–Crippen LogP) is 2.14. The second kappa shape index (κ2) is 4.82. The van der Waals surface area contributed by atoms with Gasteiger partial charge in [-0.3, -0.25) is 9.78 Å². The number of hydrogen-bond acceptors (Lipinski definition) is 3. The van der Waals surface area contributed by atoms with Crippen molar-refractivity contribution >= 4 is 0 Å². The number of nitrogens with one attached hydrogen (secondary N) is 1. The number of aromatic amines is 1. The number of ether oxygens (including phenoxy) is 1. The first-order chi connectivity index (χ1) is 8.20. The molecule has 17 heavy (non-hydrogen) atoms. The van der Waals surface area contributed by atoms with Crippen LogP contribution in [0.1, 0.15) is 12.5 Å². The Morgan fingerprint density at radius 2 is 2.12 bits per heavy atom. The van der Waals surface area contributed by atoms with Crippen LogP contribution in [0.5, 0.6) is 5.75 Å². The summed E-state index contributed by atoms with van der Waals surface area (Å²) in [5.74, 6) is 0.730. The lowest BCUT2D eigenvalue weighted by molar-refractivity contribution is 0.339. The lowest BCUT2D eigenvalue weighted by Crippen LogP contribution is -2.07. The average Bonchev–Trinajstić information content (AvgIpc) is 2.33. The highest BCUT2D eigenvalue weighted by Crippen LogP contribution is 2.21. The minimum atomic E-state index is -0.0670. The molecule has 0 fully saturated rings. The third-order valence-corrected chi connectivity index (χ3v) is 2.45. The number of H-pyrrole nitrogens is 1. The second-order valence-electron chi connectivity index (χ2n) is 3.74. The molecule has 1 N–H and O–H groups in total. The average molecular weight is 230 g/mol. The molecule has 0 spiro atoms. The summed E-state index contributed by atoms with van der Waals surface area (Å²) in [7, 11) is 0. The van der Waals surface area contributed by atoms with Crippen LogP contribution in [0.2, 0.25) is 0 Å². The van der Waals surface area contributed by atoms with Crippen molar-refractivity contribution in [3.05, 3.63) is 46.6 Å². The van der Waals surface area contributed by atoms with Crippen LogP contribution in [0.15, 0.2) is 35.5 Å². The summed E-state index contributed by atoms with van der Waals surface area (Å²) in [4.78, 5) is 18.1. The molecular formula is C13H14N2O2. The van der Waals surface area contributed by atoms with E-state index in [0.717, 1.165) is 16.9 Å². The lowest BCUT2D eigenvalue weighted by atomic mass is 10.1. The highest BCUT2D eigenvalue weighted by atomic mass is 16.5. The van der Waals surface area contributed by atoms with E-state index < -0.39 is 0 Å². The summed E-state index contributed by atoms with van der Waals surface area (Å²) >= 11 is 0. The normalized spacial score (nSPS) is 10.2. The monoisotopic (exact) mass is 230 g/mol. The molecule has 4 heteroatoms. The number of pyridine rings is 2. The summed E-state index contributed by atoms with van der Waals surface area (Å²) in [5.41, 5.74) is 2.47. The summed E-state index contributed by atoms with van der Waals surface area (Å²) in [6, 6.07) is 3.75. The molecule has 0 saturated carbocycles. The highest BCUT2D eigenvalue weighted by Gasteiger charge is 2.02. The summed E-state index contributed by atoms with van der Waals surface area (Å²) in [5, 5.41) is 0. The maximum absolute atomic E-state index is 11.3. The zero-order valence-electron chi connectivity index (χ0n) is 9.86. The van der Waals surface area contributed by atoms with Crippen molar-refractivity contribution in [3.63, 3.8) is 0 Å². The summed E-state index contributed by atoms with van der Waals surface area (Å²) in [6.45, 7) is 4.31. The van der Waals surface area contributed by atoms with Gasteiger partial charge in [0.05, 0.1) is 12.8 Å². The maximum atomic E-state index is 11.3. The van der Waals surface area contributed by atoms with Crippen molar-refractivity contribution in [1.29, 1.82) is 0 Å². The standard InChI is InChI=1S/C13H14N2O2/c1-3-17-12-5-11(6-14-8-12)10-4-9(2)13(16)15-7-10/h4-8H,3H2,1-2H3,(H,15,16). The highest BCUT2D eigenvalue weighted by molar-refractivity contribution is 5.63. The lowest BCUT2D eigenvalue weighted by Gasteiger charge is -2.05. The van der Waals surface area contributed by atoms with E-state index in [1.165, 1.54) is 0 Å². The minimum Gasteiger partial charge on any atom is -0.492 e. The third kappa shape index (κ3) is 2.53. The molecule has 2 heterocycles. The summed E-state index contributed by atoms with van der Waals surface area (Å²) < 4.78 is 5.39. The number of aryl methyl sites for hydroxylation is 1. The molecule has 2 aromatic heterocycles. The molecule has 2 aromatic rings. The molecule has 0 aliphatic carbocycles. The first-order valence-corrected chi connectivity index (χ1v) is 5.48. The number of nitrogens with zero attached hydrogens (tertiary/aromatic N) is 1. The molecule has 0 amide bonds. The fraction of sp³-hybridized carbons (Fsp3) is 0.231. The Hall–Kier alpha value is -2.10. The second-order valence-corrected chi connectivity index (χ2v) is 3.74. The van der Waals surface area contributed by atoms with Crippen LogP contribution in [-0.2, 0) is 0 Å². The SMILES string of the molecule is CCOc1cncc(-c2c[nH]c(=O)c(C)c2)c1. The quantitative estimate of drug-likeness (QED) is 0.878. The Labute approximate surface area is 99.3 Å². The topological polar surface area (TPSA) is 55.0 Å². The third-order valence-electron chi connectivity index (χ3n) is 2.45. The van der Waals surface area contributed by atoms with E-state index in [9.17, 15) is 4.79 Å². The Kier molecular flexibility index (Phi) is 3.23. The van der Waals surface area contributed by atoms with Crippen molar-refractivity contribution < 1.29 is 4.74 Å². The van der Waals surface area contributed by atoms with Crippen LogP contribution in [0.4, 0.5) is 0 Å². The number of rotatable bonds is 3. The Bertz CT molecular complexity index is 576. The maximum Gasteiger partial charge on any atom is 0.250 e. The van der Waals surface area contributed by atoms with E-state index >= 15 is 0 Å². The van der Waals surface area contributed by atoms with Crippen LogP contribution < -0.4 is 10.3 Å². The molecule has 0 bridgehead atoms. The molecule has 0 radical (unpaired) electrons. The number of hydrogen-bond donors (Lipinski definition) is 1. The van der Waals surface area contributed by atoms with E-state index in [1.807, 2.05) is 19.1 Å². The first-order valence-electron chi connectivity index (χ1n) is 5.48. The van der Waals surface area contributed by atoms with Crippen LogP contribution in [-0.4, -0.2) is 16.6 Å². The molecule has 0 aliphatic rings. The van der Waals surface area contributed by atoms with E-state index in [4.69, 9.17) is 4.74 Å². The van der Waals surface area contributed by atoms with Crippen molar-refractivity contribution in [3.8, 4) is 16.9 Å². The van der Waals surface area contributed by atoms with Gasteiger partial charge < -0.3 is 9.72 Å². The Morgan fingerprint density at radius 1 is 1.29 bits per heavy atom. The Balaban J connectivity index is 2.41. The summed E-state index contributed by atoms with van der Waals surface area (Å²) in [6.07, 6.45) is 5.10. The van der Waals surface area contributed by atoms with Gasteiger partial charge in [0.1, 0.15) is 5.75 Å². The molecule has 0 unspecified atom stereocenters. The minimum absolute atomic E-state index is 0.0670.